The first kappa shape index (κ1) is 24.7. The molecule has 0 radical (unpaired) electrons. The molecule has 2 aromatic heterocycles. The molecular formula is C21H25N5O5S2. The van der Waals surface area contributed by atoms with Crippen LogP contribution in [0.4, 0.5) is 5.13 Å². The molecule has 33 heavy (non-hydrogen) atoms. The van der Waals surface area contributed by atoms with Gasteiger partial charge in [-0.05, 0) is 38.1 Å². The summed E-state index contributed by atoms with van der Waals surface area (Å²) in [6.07, 6.45) is 0. The van der Waals surface area contributed by atoms with Crippen LogP contribution in [0.2, 0.25) is 0 Å². The summed E-state index contributed by atoms with van der Waals surface area (Å²) in [6, 6.07) is 7.51. The highest BCUT2D eigenvalue weighted by molar-refractivity contribution is 7.99. The van der Waals surface area contributed by atoms with E-state index >= 15 is 0 Å². The number of carbonyl (C=O) groups excluding carboxylic acids is 2. The number of ether oxygens (including phenoxy) is 3. The van der Waals surface area contributed by atoms with Gasteiger partial charge in [-0.15, -0.1) is 10.2 Å². The number of benzene rings is 1. The molecule has 0 saturated carbocycles. The maximum Gasteiger partial charge on any atom is 0.350 e. The highest BCUT2D eigenvalue weighted by atomic mass is 32.2. The van der Waals surface area contributed by atoms with E-state index in [2.05, 4.69) is 20.5 Å². The van der Waals surface area contributed by atoms with E-state index in [1.54, 1.807) is 28.1 Å². The van der Waals surface area contributed by atoms with E-state index < -0.39 is 5.97 Å². The fraction of sp³-hybridized carbons (Fsp3) is 0.381. The first-order valence-corrected chi connectivity index (χ1v) is 11.9. The Morgan fingerprint density at radius 2 is 1.94 bits per heavy atom. The molecule has 0 fully saturated rings. The zero-order valence-corrected chi connectivity index (χ0v) is 20.4. The van der Waals surface area contributed by atoms with Gasteiger partial charge in [0, 0.05) is 12.7 Å². The lowest BCUT2D eigenvalue weighted by Gasteiger charge is -2.10. The molecule has 0 aliphatic carbocycles. The number of hydrogen-bond acceptors (Lipinski definition) is 10. The minimum atomic E-state index is -0.445. The van der Waals surface area contributed by atoms with E-state index in [1.807, 2.05) is 28.8 Å². The van der Waals surface area contributed by atoms with Gasteiger partial charge >= 0.3 is 5.97 Å². The molecule has 0 bridgehead atoms. The number of nitrogens with one attached hydrogen (secondary N) is 1. The summed E-state index contributed by atoms with van der Waals surface area (Å²) in [7, 11) is 3.23. The van der Waals surface area contributed by atoms with Crippen molar-refractivity contribution >= 4 is 40.1 Å². The lowest BCUT2D eigenvalue weighted by molar-refractivity contribution is -0.113. The summed E-state index contributed by atoms with van der Waals surface area (Å²) in [6.45, 7) is 4.71. The van der Waals surface area contributed by atoms with Crippen LogP contribution >= 0.6 is 23.1 Å². The van der Waals surface area contributed by atoms with Crippen molar-refractivity contribution in [1.82, 2.24) is 19.7 Å². The zero-order chi connectivity index (χ0) is 23.8. The normalized spacial score (nSPS) is 10.8. The molecule has 10 nitrogen and oxygen atoms in total. The van der Waals surface area contributed by atoms with Gasteiger partial charge in [0.15, 0.2) is 16.1 Å². The Balaban J connectivity index is 1.69. The molecule has 12 heteroatoms. The smallest absolute Gasteiger partial charge is 0.350 e. The number of aromatic nitrogens is 4. The number of esters is 1. The van der Waals surface area contributed by atoms with Gasteiger partial charge in [0.1, 0.15) is 10.6 Å². The van der Waals surface area contributed by atoms with Crippen molar-refractivity contribution in [3.8, 4) is 17.1 Å². The Morgan fingerprint density at radius 3 is 2.61 bits per heavy atom. The summed E-state index contributed by atoms with van der Waals surface area (Å²) in [5.41, 5.74) is 1.39. The van der Waals surface area contributed by atoms with Gasteiger partial charge in [0.05, 0.1) is 38.3 Å². The first-order chi connectivity index (χ1) is 16.0. The van der Waals surface area contributed by atoms with Crippen LogP contribution in [0, 0.1) is 6.92 Å². The van der Waals surface area contributed by atoms with Crippen LogP contribution in [0.5, 0.6) is 5.75 Å². The van der Waals surface area contributed by atoms with Crippen LogP contribution in [0.3, 0.4) is 0 Å². The molecule has 3 rings (SSSR count). The SMILES string of the molecule is CCOC(=O)c1sc(NC(=O)CSc2nnc(-c3ccc(OC)cc3)n2CCOC)nc1C. The number of carbonyl (C=O) groups is 2. The average Bonchev–Trinajstić information content (AvgIpc) is 3.39. The van der Waals surface area contributed by atoms with Gasteiger partial charge in [-0.3, -0.25) is 9.36 Å². The topological polar surface area (TPSA) is 117 Å². The van der Waals surface area contributed by atoms with Gasteiger partial charge in [-0.2, -0.15) is 0 Å². The van der Waals surface area contributed by atoms with Gasteiger partial charge < -0.3 is 19.5 Å². The second-order valence-corrected chi connectivity index (χ2v) is 8.61. The summed E-state index contributed by atoms with van der Waals surface area (Å²) >= 11 is 2.35. The molecule has 0 saturated heterocycles. The number of thioether (sulfide) groups is 1. The maximum absolute atomic E-state index is 12.5. The van der Waals surface area contributed by atoms with E-state index in [9.17, 15) is 9.59 Å². The van der Waals surface area contributed by atoms with Crippen LogP contribution in [0.15, 0.2) is 29.4 Å². The standard InChI is InChI=1S/C21H25N5O5S2/c1-5-31-19(28)17-13(2)22-20(33-17)23-16(27)12-32-21-25-24-18(26(21)10-11-29-3)14-6-8-15(30-4)9-7-14/h6-9H,5,10-12H2,1-4H3,(H,22,23,27). The number of aryl methyl sites for hydroxylation is 1. The van der Waals surface area contributed by atoms with E-state index in [0.717, 1.165) is 22.6 Å². The van der Waals surface area contributed by atoms with Crippen LogP contribution in [0.25, 0.3) is 11.4 Å². The molecule has 3 aromatic rings. The largest absolute Gasteiger partial charge is 0.497 e. The molecule has 0 spiro atoms. The average molecular weight is 492 g/mol. The van der Waals surface area contributed by atoms with Gasteiger partial charge in [0.25, 0.3) is 0 Å². The number of nitrogens with zero attached hydrogens (tertiary/aromatic N) is 4. The number of anilines is 1. The highest BCUT2D eigenvalue weighted by Gasteiger charge is 2.19. The van der Waals surface area contributed by atoms with Crippen molar-refractivity contribution in [2.45, 2.75) is 25.5 Å². The summed E-state index contributed by atoms with van der Waals surface area (Å²) in [5.74, 6) is 0.807. The van der Waals surface area contributed by atoms with E-state index in [1.165, 1.54) is 11.8 Å². The molecule has 1 amide bonds. The Morgan fingerprint density at radius 1 is 1.18 bits per heavy atom. The molecule has 2 heterocycles. The lowest BCUT2D eigenvalue weighted by atomic mass is 10.2. The fourth-order valence-electron chi connectivity index (χ4n) is 2.85. The summed E-state index contributed by atoms with van der Waals surface area (Å²) < 4.78 is 17.4. The van der Waals surface area contributed by atoms with Gasteiger partial charge in [-0.1, -0.05) is 23.1 Å². The fourth-order valence-corrected chi connectivity index (χ4v) is 4.50. The molecule has 0 aliphatic heterocycles. The number of methoxy groups -OCH3 is 2. The van der Waals surface area contributed by atoms with Crippen molar-refractivity contribution in [2.24, 2.45) is 0 Å². The van der Waals surface area contributed by atoms with Crippen LogP contribution < -0.4 is 10.1 Å². The third-order valence-electron chi connectivity index (χ3n) is 4.42. The predicted molar refractivity (Wildman–Crippen MR) is 126 cm³/mol. The van der Waals surface area contributed by atoms with E-state index in [-0.39, 0.29) is 18.3 Å². The molecule has 1 N–H and O–H groups in total. The van der Waals surface area contributed by atoms with Crippen molar-refractivity contribution in [3.05, 3.63) is 34.8 Å². The maximum atomic E-state index is 12.5. The number of rotatable bonds is 11. The molecule has 1 aromatic carbocycles. The second-order valence-electron chi connectivity index (χ2n) is 6.67. The number of amides is 1. The molecule has 0 aliphatic rings. The predicted octanol–water partition coefficient (Wildman–Crippen LogP) is 3.27. The summed E-state index contributed by atoms with van der Waals surface area (Å²) in [4.78, 5) is 29.1. The molecular weight excluding hydrogens is 466 g/mol. The van der Waals surface area contributed by atoms with Gasteiger partial charge in [0.2, 0.25) is 5.91 Å². The Kier molecular flexibility index (Phi) is 8.80. The number of hydrogen-bond donors (Lipinski definition) is 1. The second kappa shape index (κ2) is 11.8. The Bertz CT molecular complexity index is 1100. The molecule has 0 atom stereocenters. The van der Waals surface area contributed by atoms with Crippen LogP contribution in [-0.4, -0.2) is 64.8 Å². The van der Waals surface area contributed by atoms with Crippen LogP contribution in [-0.2, 0) is 20.8 Å². The van der Waals surface area contributed by atoms with Gasteiger partial charge in [-0.25, -0.2) is 9.78 Å². The minimum absolute atomic E-state index is 0.0983. The zero-order valence-electron chi connectivity index (χ0n) is 18.8. The quantitative estimate of drug-likeness (QED) is 0.318. The van der Waals surface area contributed by atoms with Crippen LogP contribution in [0.1, 0.15) is 22.3 Å². The Labute approximate surface area is 199 Å². The lowest BCUT2D eigenvalue weighted by Crippen LogP contribution is -2.15. The third kappa shape index (κ3) is 6.30. The monoisotopic (exact) mass is 491 g/mol. The molecule has 0 unspecified atom stereocenters. The van der Waals surface area contributed by atoms with Crippen molar-refractivity contribution in [2.75, 3.05) is 38.5 Å². The van der Waals surface area contributed by atoms with E-state index in [0.29, 0.717) is 39.8 Å². The summed E-state index contributed by atoms with van der Waals surface area (Å²) in [5, 5.41) is 12.2. The Hall–Kier alpha value is -2.96. The molecule has 176 valence electrons. The van der Waals surface area contributed by atoms with E-state index in [4.69, 9.17) is 14.2 Å². The van der Waals surface area contributed by atoms with Crippen molar-refractivity contribution in [3.63, 3.8) is 0 Å². The third-order valence-corrected chi connectivity index (χ3v) is 6.44. The number of thiazole rings is 1. The minimum Gasteiger partial charge on any atom is -0.497 e. The highest BCUT2D eigenvalue weighted by Crippen LogP contribution is 2.27. The van der Waals surface area contributed by atoms with Crippen molar-refractivity contribution < 1.29 is 23.8 Å². The van der Waals surface area contributed by atoms with Crippen molar-refractivity contribution in [1.29, 1.82) is 0 Å². The first-order valence-electron chi connectivity index (χ1n) is 10.1.